The summed E-state index contributed by atoms with van der Waals surface area (Å²) in [6, 6.07) is 0. The van der Waals surface area contributed by atoms with E-state index in [4.69, 9.17) is 4.74 Å². The summed E-state index contributed by atoms with van der Waals surface area (Å²) in [4.78, 5) is 13.7. The highest BCUT2D eigenvalue weighted by molar-refractivity contribution is 7.92. The summed E-state index contributed by atoms with van der Waals surface area (Å²) < 4.78 is 29.4. The van der Waals surface area contributed by atoms with Gasteiger partial charge in [-0.3, -0.25) is 4.79 Å². The van der Waals surface area contributed by atoms with Crippen molar-refractivity contribution in [1.82, 2.24) is 10.2 Å². The molecule has 6 nitrogen and oxygen atoms in total. The molecule has 104 valence electrons. The van der Waals surface area contributed by atoms with E-state index in [0.29, 0.717) is 26.3 Å². The zero-order valence-electron chi connectivity index (χ0n) is 10.6. The monoisotopic (exact) mass is 276 g/mol. The first-order chi connectivity index (χ1) is 8.50. The highest BCUT2D eigenvalue weighted by Crippen LogP contribution is 2.14. The van der Waals surface area contributed by atoms with E-state index in [9.17, 15) is 13.2 Å². The summed E-state index contributed by atoms with van der Waals surface area (Å²) in [7, 11) is -3.34. The van der Waals surface area contributed by atoms with Crippen molar-refractivity contribution < 1.29 is 17.9 Å². The molecule has 2 aliphatic rings. The molecule has 18 heavy (non-hydrogen) atoms. The highest BCUT2D eigenvalue weighted by Gasteiger charge is 2.35. The molecular weight excluding hydrogens is 256 g/mol. The van der Waals surface area contributed by atoms with E-state index in [1.807, 2.05) is 0 Å². The number of nitrogens with zero attached hydrogens (tertiary/aromatic N) is 1. The third-order valence-electron chi connectivity index (χ3n) is 3.54. The van der Waals surface area contributed by atoms with Crippen molar-refractivity contribution in [2.24, 2.45) is 5.92 Å². The standard InChI is InChI=1S/C11H20N2O4S/c1-9(11(14)13-2-4-17-5-3-13)18(15,16)8-10-6-12-7-10/h9-10,12H,2-8H2,1H3. The number of hydrogen-bond donors (Lipinski definition) is 1. The van der Waals surface area contributed by atoms with Crippen molar-refractivity contribution in [2.75, 3.05) is 45.1 Å². The lowest BCUT2D eigenvalue weighted by atomic mass is 10.1. The predicted octanol–water partition coefficient (Wildman–Crippen LogP) is -1.13. The Balaban J connectivity index is 1.95. The molecule has 0 aromatic carbocycles. The first-order valence-corrected chi connectivity index (χ1v) is 8.01. The topological polar surface area (TPSA) is 75.7 Å². The van der Waals surface area contributed by atoms with Gasteiger partial charge in [-0.1, -0.05) is 0 Å². The van der Waals surface area contributed by atoms with Gasteiger partial charge in [0.25, 0.3) is 0 Å². The summed E-state index contributed by atoms with van der Waals surface area (Å²) in [6.07, 6.45) is 0. The van der Waals surface area contributed by atoms with E-state index in [2.05, 4.69) is 5.32 Å². The molecular formula is C11H20N2O4S. The Labute approximate surface area is 108 Å². The van der Waals surface area contributed by atoms with Gasteiger partial charge in [-0.2, -0.15) is 0 Å². The van der Waals surface area contributed by atoms with Crippen LogP contribution in [0, 0.1) is 5.92 Å². The average molecular weight is 276 g/mol. The predicted molar refractivity (Wildman–Crippen MR) is 67.0 cm³/mol. The van der Waals surface area contributed by atoms with Gasteiger partial charge in [0.05, 0.1) is 19.0 Å². The van der Waals surface area contributed by atoms with Gasteiger partial charge in [0.1, 0.15) is 5.25 Å². The summed E-state index contributed by atoms with van der Waals surface area (Å²) >= 11 is 0. The Kier molecular flexibility index (Phi) is 4.24. The van der Waals surface area contributed by atoms with E-state index >= 15 is 0 Å². The minimum atomic E-state index is -3.34. The number of carbonyl (C=O) groups is 1. The van der Waals surface area contributed by atoms with Crippen molar-refractivity contribution in [1.29, 1.82) is 0 Å². The van der Waals surface area contributed by atoms with Crippen LogP contribution in [0.2, 0.25) is 0 Å². The third-order valence-corrected chi connectivity index (χ3v) is 5.76. The Bertz CT molecular complexity index is 399. The molecule has 2 rings (SSSR count). The third kappa shape index (κ3) is 3.02. The van der Waals surface area contributed by atoms with Gasteiger partial charge >= 0.3 is 0 Å². The lowest BCUT2D eigenvalue weighted by Crippen LogP contribution is -2.50. The number of rotatable bonds is 4. The van der Waals surface area contributed by atoms with Gasteiger partial charge in [-0.25, -0.2) is 8.42 Å². The first-order valence-electron chi connectivity index (χ1n) is 6.29. The summed E-state index contributed by atoms with van der Waals surface area (Å²) in [5.41, 5.74) is 0. The van der Waals surface area contributed by atoms with E-state index in [0.717, 1.165) is 13.1 Å². The Morgan fingerprint density at radius 2 is 2.00 bits per heavy atom. The molecule has 1 N–H and O–H groups in total. The molecule has 2 saturated heterocycles. The van der Waals surface area contributed by atoms with Crippen LogP contribution in [0.5, 0.6) is 0 Å². The molecule has 0 spiro atoms. The molecule has 0 radical (unpaired) electrons. The second-order valence-corrected chi connectivity index (χ2v) is 7.30. The SMILES string of the molecule is CC(C(=O)N1CCOCC1)S(=O)(=O)CC1CNC1. The normalized spacial score (nSPS) is 23.5. The second-order valence-electron chi connectivity index (χ2n) is 4.93. The maximum Gasteiger partial charge on any atom is 0.240 e. The fourth-order valence-corrected chi connectivity index (χ4v) is 3.77. The zero-order chi connectivity index (χ0) is 13.2. The van der Waals surface area contributed by atoms with Crippen LogP contribution < -0.4 is 5.32 Å². The highest BCUT2D eigenvalue weighted by atomic mass is 32.2. The molecule has 0 aliphatic carbocycles. The number of carbonyl (C=O) groups excluding carboxylic acids is 1. The average Bonchev–Trinajstić information content (AvgIpc) is 2.33. The smallest absolute Gasteiger partial charge is 0.240 e. The Hall–Kier alpha value is -0.660. The van der Waals surface area contributed by atoms with Crippen molar-refractivity contribution >= 4 is 15.7 Å². The minimum Gasteiger partial charge on any atom is -0.378 e. The summed E-state index contributed by atoms with van der Waals surface area (Å²) in [5.74, 6) is -0.0161. The molecule has 0 bridgehead atoms. The summed E-state index contributed by atoms with van der Waals surface area (Å²) in [6.45, 7) is 4.93. The number of nitrogens with one attached hydrogen (secondary N) is 1. The van der Waals surface area contributed by atoms with Crippen molar-refractivity contribution in [2.45, 2.75) is 12.2 Å². The molecule has 0 saturated carbocycles. The number of amides is 1. The van der Waals surface area contributed by atoms with E-state index < -0.39 is 15.1 Å². The lowest BCUT2D eigenvalue weighted by molar-refractivity contribution is -0.134. The van der Waals surface area contributed by atoms with Crippen molar-refractivity contribution in [3.05, 3.63) is 0 Å². The van der Waals surface area contributed by atoms with Crippen molar-refractivity contribution in [3.63, 3.8) is 0 Å². The Morgan fingerprint density at radius 3 is 2.50 bits per heavy atom. The van der Waals surface area contributed by atoms with Crippen LogP contribution in [0.1, 0.15) is 6.92 Å². The molecule has 0 aromatic heterocycles. The minimum absolute atomic E-state index is 0.108. The van der Waals surface area contributed by atoms with Crippen LogP contribution in [0.4, 0.5) is 0 Å². The Morgan fingerprint density at radius 1 is 1.39 bits per heavy atom. The van der Waals surface area contributed by atoms with Crippen LogP contribution in [-0.2, 0) is 19.4 Å². The molecule has 2 heterocycles. The van der Waals surface area contributed by atoms with Crippen LogP contribution in [-0.4, -0.2) is 69.6 Å². The maximum atomic E-state index is 12.1. The van der Waals surface area contributed by atoms with Gasteiger partial charge in [0.15, 0.2) is 9.84 Å². The lowest BCUT2D eigenvalue weighted by Gasteiger charge is -2.31. The molecule has 1 amide bonds. The fourth-order valence-electron chi connectivity index (χ4n) is 2.13. The molecule has 7 heteroatoms. The van der Waals surface area contributed by atoms with Gasteiger partial charge in [-0.15, -0.1) is 0 Å². The second kappa shape index (κ2) is 5.54. The number of ether oxygens (including phenoxy) is 1. The van der Waals surface area contributed by atoms with Gasteiger partial charge < -0.3 is 15.0 Å². The first kappa shape index (κ1) is 13.8. The fraction of sp³-hybridized carbons (Fsp3) is 0.909. The maximum absolute atomic E-state index is 12.1. The van der Waals surface area contributed by atoms with Crippen LogP contribution in [0.25, 0.3) is 0 Å². The zero-order valence-corrected chi connectivity index (χ0v) is 11.4. The van der Waals surface area contributed by atoms with E-state index in [1.54, 1.807) is 4.90 Å². The molecule has 1 unspecified atom stereocenters. The number of morpholine rings is 1. The molecule has 0 aromatic rings. The van der Waals surface area contributed by atoms with Gasteiger partial charge in [0, 0.05) is 26.2 Å². The van der Waals surface area contributed by atoms with E-state index in [1.165, 1.54) is 6.92 Å². The van der Waals surface area contributed by atoms with E-state index in [-0.39, 0.29) is 17.6 Å². The molecule has 2 aliphatic heterocycles. The largest absolute Gasteiger partial charge is 0.378 e. The van der Waals surface area contributed by atoms with Gasteiger partial charge in [-0.05, 0) is 12.8 Å². The van der Waals surface area contributed by atoms with Crippen LogP contribution in [0.15, 0.2) is 0 Å². The quantitative estimate of drug-likeness (QED) is 0.703. The van der Waals surface area contributed by atoms with Crippen LogP contribution in [0.3, 0.4) is 0 Å². The molecule has 1 atom stereocenters. The van der Waals surface area contributed by atoms with Crippen molar-refractivity contribution in [3.8, 4) is 0 Å². The van der Waals surface area contributed by atoms with Crippen LogP contribution >= 0.6 is 0 Å². The number of sulfone groups is 1. The number of hydrogen-bond acceptors (Lipinski definition) is 5. The summed E-state index contributed by atoms with van der Waals surface area (Å²) in [5, 5.41) is 2.10. The van der Waals surface area contributed by atoms with Gasteiger partial charge in [0.2, 0.25) is 5.91 Å². The molecule has 2 fully saturated rings.